The fourth-order valence-corrected chi connectivity index (χ4v) is 7.10. The number of Topliss-reactive ketones (excluding diaryl/α,β-unsaturated/α-hetero) is 1. The number of benzene rings is 3. The van der Waals surface area contributed by atoms with Crippen LogP contribution >= 0.6 is 11.6 Å². The SMILES string of the molecule is CC1CC(C)CN(S(=O)(=O)c2cccc(C(=O)CNc3c(C(=O)Nc4cccc(Cl)c4)oc4ccccc34)c2)C1. The summed E-state index contributed by atoms with van der Waals surface area (Å²) >= 11 is 6.04. The molecule has 1 aliphatic heterocycles. The number of nitrogens with zero attached hydrogens (tertiary/aromatic N) is 1. The van der Waals surface area contributed by atoms with E-state index in [1.165, 1.54) is 16.4 Å². The van der Waals surface area contributed by atoms with Crippen molar-refractivity contribution in [3.05, 3.63) is 89.1 Å². The molecule has 4 aromatic rings. The van der Waals surface area contributed by atoms with Crippen molar-refractivity contribution < 1.29 is 22.4 Å². The Balaban J connectivity index is 1.36. The summed E-state index contributed by atoms with van der Waals surface area (Å²) in [6.07, 6.45) is 0.984. The van der Waals surface area contributed by atoms with Crippen LogP contribution in [-0.4, -0.2) is 44.0 Å². The van der Waals surface area contributed by atoms with Gasteiger partial charge in [0.05, 0.1) is 17.1 Å². The van der Waals surface area contributed by atoms with E-state index in [1.807, 2.05) is 13.8 Å². The first-order chi connectivity index (χ1) is 19.1. The molecule has 0 spiro atoms. The highest BCUT2D eigenvalue weighted by Crippen LogP contribution is 2.32. The van der Waals surface area contributed by atoms with E-state index in [0.717, 1.165) is 6.42 Å². The lowest BCUT2D eigenvalue weighted by molar-refractivity contribution is 0.0990. The smallest absolute Gasteiger partial charge is 0.293 e. The third-order valence-electron chi connectivity index (χ3n) is 6.94. The summed E-state index contributed by atoms with van der Waals surface area (Å²) in [6, 6.07) is 20.0. The molecule has 208 valence electrons. The maximum Gasteiger partial charge on any atom is 0.293 e. The zero-order chi connectivity index (χ0) is 28.4. The van der Waals surface area contributed by atoms with Crippen molar-refractivity contribution in [2.45, 2.75) is 25.2 Å². The molecule has 1 fully saturated rings. The number of ketones is 1. The topological polar surface area (TPSA) is 109 Å². The van der Waals surface area contributed by atoms with Gasteiger partial charge in [-0.3, -0.25) is 9.59 Å². The molecular formula is C30H30ClN3O5S. The molecule has 10 heteroatoms. The van der Waals surface area contributed by atoms with E-state index < -0.39 is 15.9 Å². The summed E-state index contributed by atoms with van der Waals surface area (Å²) < 4.78 is 34.1. The van der Waals surface area contributed by atoms with E-state index in [4.69, 9.17) is 16.0 Å². The molecule has 40 heavy (non-hydrogen) atoms. The van der Waals surface area contributed by atoms with E-state index in [1.54, 1.807) is 60.7 Å². The van der Waals surface area contributed by atoms with Crippen LogP contribution in [0.15, 0.2) is 82.1 Å². The molecule has 2 heterocycles. The van der Waals surface area contributed by atoms with E-state index in [0.29, 0.717) is 40.5 Å². The summed E-state index contributed by atoms with van der Waals surface area (Å²) in [5.41, 5.74) is 1.59. The fraction of sp³-hybridized carbons (Fsp3) is 0.267. The Bertz CT molecular complexity index is 1670. The number of nitrogens with one attached hydrogen (secondary N) is 2. The number of hydrogen-bond donors (Lipinski definition) is 2. The molecule has 2 N–H and O–H groups in total. The van der Waals surface area contributed by atoms with Crippen LogP contribution in [0.2, 0.25) is 5.02 Å². The van der Waals surface area contributed by atoms with Crippen LogP contribution in [0.4, 0.5) is 11.4 Å². The number of amides is 1. The van der Waals surface area contributed by atoms with Crippen molar-refractivity contribution in [2.24, 2.45) is 11.8 Å². The van der Waals surface area contributed by atoms with Crippen LogP contribution in [0.1, 0.15) is 41.2 Å². The van der Waals surface area contributed by atoms with E-state index in [-0.39, 0.29) is 40.4 Å². The molecule has 1 aliphatic rings. The van der Waals surface area contributed by atoms with Crippen molar-refractivity contribution in [3.63, 3.8) is 0 Å². The summed E-state index contributed by atoms with van der Waals surface area (Å²) in [5, 5.41) is 6.93. The lowest BCUT2D eigenvalue weighted by Gasteiger charge is -2.34. The minimum absolute atomic E-state index is 0.0126. The first-order valence-corrected chi connectivity index (χ1v) is 14.9. The van der Waals surface area contributed by atoms with Gasteiger partial charge in [0, 0.05) is 34.7 Å². The molecular weight excluding hydrogens is 550 g/mol. The molecule has 0 bridgehead atoms. The number of piperidine rings is 1. The molecule has 8 nitrogen and oxygen atoms in total. The second kappa shape index (κ2) is 11.4. The van der Waals surface area contributed by atoms with Crippen molar-refractivity contribution in [1.82, 2.24) is 4.31 Å². The molecule has 1 saturated heterocycles. The molecule has 2 atom stereocenters. The molecule has 1 amide bonds. The van der Waals surface area contributed by atoms with Crippen LogP contribution in [0.25, 0.3) is 11.0 Å². The average Bonchev–Trinajstić information content (AvgIpc) is 3.30. The number of halogens is 1. The number of para-hydroxylation sites is 1. The van der Waals surface area contributed by atoms with Gasteiger partial charge in [-0.2, -0.15) is 4.31 Å². The maximum absolute atomic E-state index is 13.4. The number of fused-ring (bicyclic) bond motifs is 1. The van der Waals surface area contributed by atoms with Gasteiger partial charge in [0.15, 0.2) is 5.78 Å². The molecule has 0 radical (unpaired) electrons. The van der Waals surface area contributed by atoms with E-state index in [2.05, 4.69) is 10.6 Å². The predicted octanol–water partition coefficient (Wildman–Crippen LogP) is 6.30. The van der Waals surface area contributed by atoms with Crippen LogP contribution in [0, 0.1) is 11.8 Å². The monoisotopic (exact) mass is 579 g/mol. The van der Waals surface area contributed by atoms with Gasteiger partial charge in [-0.25, -0.2) is 8.42 Å². The van der Waals surface area contributed by atoms with Gasteiger partial charge in [0.25, 0.3) is 5.91 Å². The van der Waals surface area contributed by atoms with Crippen LogP contribution < -0.4 is 10.6 Å². The first kappa shape index (κ1) is 27.9. The molecule has 2 unspecified atom stereocenters. The highest BCUT2D eigenvalue weighted by Gasteiger charge is 2.32. The molecule has 0 saturated carbocycles. The van der Waals surface area contributed by atoms with Crippen LogP contribution in [-0.2, 0) is 10.0 Å². The quantitative estimate of drug-likeness (QED) is 0.237. The second-order valence-electron chi connectivity index (χ2n) is 10.3. The normalized spacial score (nSPS) is 18.0. The number of furan rings is 1. The molecule has 1 aromatic heterocycles. The van der Waals surface area contributed by atoms with Gasteiger partial charge in [-0.05, 0) is 60.7 Å². The average molecular weight is 580 g/mol. The van der Waals surface area contributed by atoms with Crippen LogP contribution in [0.5, 0.6) is 0 Å². The number of anilines is 2. The Morgan fingerprint density at radius 2 is 1.70 bits per heavy atom. The van der Waals surface area contributed by atoms with Crippen molar-refractivity contribution in [3.8, 4) is 0 Å². The summed E-state index contributed by atoms with van der Waals surface area (Å²) in [7, 11) is -3.74. The van der Waals surface area contributed by atoms with Gasteiger partial charge < -0.3 is 15.1 Å². The Hall–Kier alpha value is -3.66. The third kappa shape index (κ3) is 5.91. The summed E-state index contributed by atoms with van der Waals surface area (Å²) in [4.78, 5) is 26.5. The van der Waals surface area contributed by atoms with Gasteiger partial charge in [0.2, 0.25) is 15.8 Å². The number of sulfonamides is 1. The van der Waals surface area contributed by atoms with Crippen molar-refractivity contribution in [1.29, 1.82) is 0 Å². The van der Waals surface area contributed by atoms with E-state index >= 15 is 0 Å². The zero-order valence-electron chi connectivity index (χ0n) is 22.2. The summed E-state index contributed by atoms with van der Waals surface area (Å²) in [6.45, 7) is 4.84. The Morgan fingerprint density at radius 3 is 2.45 bits per heavy atom. The lowest BCUT2D eigenvalue weighted by Crippen LogP contribution is -2.42. The third-order valence-corrected chi connectivity index (χ3v) is 9.00. The highest BCUT2D eigenvalue weighted by molar-refractivity contribution is 7.89. The number of carbonyl (C=O) groups excluding carboxylic acids is 2. The zero-order valence-corrected chi connectivity index (χ0v) is 23.8. The molecule has 5 rings (SSSR count). The second-order valence-corrected chi connectivity index (χ2v) is 12.7. The van der Waals surface area contributed by atoms with Gasteiger partial charge >= 0.3 is 0 Å². The predicted molar refractivity (Wildman–Crippen MR) is 157 cm³/mol. The largest absolute Gasteiger partial charge is 0.449 e. The molecule has 3 aromatic carbocycles. The Labute approximate surface area is 238 Å². The van der Waals surface area contributed by atoms with Crippen LogP contribution in [0.3, 0.4) is 0 Å². The van der Waals surface area contributed by atoms with Gasteiger partial charge in [0.1, 0.15) is 5.58 Å². The van der Waals surface area contributed by atoms with Crippen molar-refractivity contribution in [2.75, 3.05) is 30.3 Å². The highest BCUT2D eigenvalue weighted by atomic mass is 35.5. The molecule has 0 aliphatic carbocycles. The van der Waals surface area contributed by atoms with E-state index in [9.17, 15) is 18.0 Å². The summed E-state index contributed by atoms with van der Waals surface area (Å²) in [5.74, 6) is -0.292. The minimum atomic E-state index is -3.74. The fourth-order valence-electron chi connectivity index (χ4n) is 5.19. The lowest BCUT2D eigenvalue weighted by atomic mass is 9.94. The van der Waals surface area contributed by atoms with Crippen molar-refractivity contribution >= 4 is 55.7 Å². The number of carbonyl (C=O) groups is 2. The number of rotatable bonds is 8. The van der Waals surface area contributed by atoms with Gasteiger partial charge in [-0.1, -0.05) is 55.8 Å². The minimum Gasteiger partial charge on any atom is -0.449 e. The Kier molecular flexibility index (Phi) is 7.98. The standard InChI is InChI=1S/C30H30ClN3O5S/c1-19-13-20(2)18-34(17-19)40(37,38)24-10-5-7-21(14-24)26(35)16-32-28-25-11-3-4-12-27(25)39-29(28)30(36)33-23-9-6-8-22(31)15-23/h3-12,14-15,19-20,32H,13,16-18H2,1-2H3,(H,33,36). The van der Waals surface area contributed by atoms with Gasteiger partial charge in [-0.15, -0.1) is 0 Å². The first-order valence-electron chi connectivity index (χ1n) is 13.1. The Morgan fingerprint density at radius 1 is 0.975 bits per heavy atom. The maximum atomic E-state index is 13.4. The number of hydrogen-bond acceptors (Lipinski definition) is 6.